The predicted octanol–water partition coefficient (Wildman–Crippen LogP) is 1.69. The third-order valence-electron chi connectivity index (χ3n) is 3.25. The van der Waals surface area contributed by atoms with E-state index in [0.29, 0.717) is 25.4 Å². The van der Waals surface area contributed by atoms with Crippen LogP contribution in [0.5, 0.6) is 0 Å². The van der Waals surface area contributed by atoms with E-state index in [4.69, 9.17) is 10.9 Å². The van der Waals surface area contributed by atoms with E-state index in [9.17, 15) is 4.79 Å². The summed E-state index contributed by atoms with van der Waals surface area (Å²) in [6, 6.07) is 0.0825. The van der Waals surface area contributed by atoms with E-state index in [1.54, 1.807) is 0 Å². The van der Waals surface area contributed by atoms with Crippen molar-refractivity contribution in [1.29, 1.82) is 0 Å². The Balaban J connectivity index is 2.58. The first-order valence-corrected chi connectivity index (χ1v) is 7.05. The zero-order valence-corrected chi connectivity index (χ0v) is 12.0. The monoisotopic (exact) mass is 270 g/mol. The SMILES string of the molecule is CC(C)CN(CCC(N)=NO)C(=O)N1CCCCC1. The number of nitrogens with two attached hydrogens (primary N) is 1. The van der Waals surface area contributed by atoms with Gasteiger partial charge in [-0.3, -0.25) is 0 Å². The van der Waals surface area contributed by atoms with Crippen LogP contribution in [0.2, 0.25) is 0 Å². The Labute approximate surface area is 115 Å². The van der Waals surface area contributed by atoms with Crippen molar-refractivity contribution in [2.45, 2.75) is 39.5 Å². The van der Waals surface area contributed by atoms with E-state index in [0.717, 1.165) is 25.9 Å². The van der Waals surface area contributed by atoms with Gasteiger partial charge in [0, 0.05) is 32.6 Å². The zero-order valence-electron chi connectivity index (χ0n) is 12.0. The number of urea groups is 1. The van der Waals surface area contributed by atoms with Gasteiger partial charge in [0.1, 0.15) is 5.84 Å². The molecular formula is C13H26N4O2. The molecule has 1 rings (SSSR count). The molecule has 6 nitrogen and oxygen atoms in total. The van der Waals surface area contributed by atoms with Crippen LogP contribution in [0.15, 0.2) is 5.16 Å². The Bertz CT molecular complexity index is 312. The van der Waals surface area contributed by atoms with Crippen molar-refractivity contribution >= 4 is 11.9 Å². The molecule has 0 radical (unpaired) electrons. The molecule has 1 saturated heterocycles. The molecule has 0 unspecified atom stereocenters. The summed E-state index contributed by atoms with van der Waals surface area (Å²) in [7, 11) is 0. The quantitative estimate of drug-likeness (QED) is 0.345. The number of oxime groups is 1. The first-order valence-electron chi connectivity index (χ1n) is 7.05. The van der Waals surface area contributed by atoms with Gasteiger partial charge >= 0.3 is 6.03 Å². The van der Waals surface area contributed by atoms with Gasteiger partial charge in [-0.1, -0.05) is 19.0 Å². The van der Waals surface area contributed by atoms with Crippen LogP contribution in [0.4, 0.5) is 4.79 Å². The summed E-state index contributed by atoms with van der Waals surface area (Å²) in [5.41, 5.74) is 5.48. The molecule has 0 aromatic carbocycles. The van der Waals surface area contributed by atoms with Crippen molar-refractivity contribution in [2.75, 3.05) is 26.2 Å². The molecule has 0 aromatic rings. The molecular weight excluding hydrogens is 244 g/mol. The van der Waals surface area contributed by atoms with Gasteiger partial charge in [0.15, 0.2) is 0 Å². The molecule has 110 valence electrons. The van der Waals surface area contributed by atoms with Crippen LogP contribution in [-0.4, -0.2) is 53.1 Å². The Hall–Kier alpha value is -1.46. The number of amidine groups is 1. The highest BCUT2D eigenvalue weighted by atomic mass is 16.4. The minimum Gasteiger partial charge on any atom is -0.409 e. The number of nitrogens with zero attached hydrogens (tertiary/aromatic N) is 3. The second-order valence-corrected chi connectivity index (χ2v) is 5.51. The number of amides is 2. The highest BCUT2D eigenvalue weighted by molar-refractivity contribution is 5.81. The number of likely N-dealkylation sites (tertiary alicyclic amines) is 1. The normalized spacial score (nSPS) is 16.8. The van der Waals surface area contributed by atoms with Crippen LogP contribution in [0, 0.1) is 5.92 Å². The summed E-state index contributed by atoms with van der Waals surface area (Å²) in [4.78, 5) is 16.2. The molecule has 1 aliphatic rings. The zero-order chi connectivity index (χ0) is 14.3. The third-order valence-corrected chi connectivity index (χ3v) is 3.25. The van der Waals surface area contributed by atoms with E-state index in [1.807, 2.05) is 9.80 Å². The largest absolute Gasteiger partial charge is 0.409 e. The molecule has 0 atom stereocenters. The maximum atomic E-state index is 12.4. The summed E-state index contributed by atoms with van der Waals surface area (Å²) in [6.45, 7) is 7.06. The van der Waals surface area contributed by atoms with Crippen molar-refractivity contribution in [3.8, 4) is 0 Å². The van der Waals surface area contributed by atoms with Gasteiger partial charge in [-0.15, -0.1) is 0 Å². The summed E-state index contributed by atoms with van der Waals surface area (Å²) < 4.78 is 0. The molecule has 2 amide bonds. The van der Waals surface area contributed by atoms with E-state index >= 15 is 0 Å². The van der Waals surface area contributed by atoms with Gasteiger partial charge in [0.25, 0.3) is 0 Å². The molecule has 1 heterocycles. The molecule has 0 aliphatic carbocycles. The lowest BCUT2D eigenvalue weighted by Crippen LogP contribution is -2.47. The van der Waals surface area contributed by atoms with E-state index in [1.165, 1.54) is 6.42 Å². The first kappa shape index (κ1) is 15.6. The number of rotatable bonds is 5. The van der Waals surface area contributed by atoms with Crippen molar-refractivity contribution in [3.05, 3.63) is 0 Å². The van der Waals surface area contributed by atoms with Gasteiger partial charge in [-0.05, 0) is 25.2 Å². The van der Waals surface area contributed by atoms with Crippen molar-refractivity contribution in [1.82, 2.24) is 9.80 Å². The molecule has 0 saturated carbocycles. The first-order chi connectivity index (χ1) is 9.04. The fourth-order valence-electron chi connectivity index (χ4n) is 2.29. The van der Waals surface area contributed by atoms with Crippen LogP contribution in [0.1, 0.15) is 39.5 Å². The fourth-order valence-corrected chi connectivity index (χ4v) is 2.29. The Morgan fingerprint density at radius 1 is 1.37 bits per heavy atom. The second kappa shape index (κ2) is 7.86. The molecule has 1 aliphatic heterocycles. The standard InChI is InChI=1S/C13H26N4O2/c1-11(2)10-17(9-6-12(14)15-19)13(18)16-7-4-3-5-8-16/h11,19H,3-10H2,1-2H3,(H2,14,15). The minimum absolute atomic E-state index is 0.0825. The number of piperidine rings is 1. The van der Waals surface area contributed by atoms with Gasteiger partial charge in [0.2, 0.25) is 0 Å². The summed E-state index contributed by atoms with van der Waals surface area (Å²) in [6.07, 6.45) is 3.78. The van der Waals surface area contributed by atoms with Crippen molar-refractivity contribution in [3.63, 3.8) is 0 Å². The fraction of sp³-hybridized carbons (Fsp3) is 0.846. The molecule has 0 bridgehead atoms. The topological polar surface area (TPSA) is 82.2 Å². The predicted molar refractivity (Wildman–Crippen MR) is 75.3 cm³/mol. The maximum Gasteiger partial charge on any atom is 0.320 e. The Kier molecular flexibility index (Phi) is 6.45. The van der Waals surface area contributed by atoms with E-state index < -0.39 is 0 Å². The minimum atomic E-state index is 0.0825. The molecule has 3 N–H and O–H groups in total. The highest BCUT2D eigenvalue weighted by Gasteiger charge is 2.23. The summed E-state index contributed by atoms with van der Waals surface area (Å²) in [5, 5.41) is 11.5. The van der Waals surface area contributed by atoms with Crippen LogP contribution in [0.25, 0.3) is 0 Å². The van der Waals surface area contributed by atoms with Crippen LogP contribution >= 0.6 is 0 Å². The average Bonchev–Trinajstić information content (AvgIpc) is 2.42. The van der Waals surface area contributed by atoms with E-state index in [-0.39, 0.29) is 11.9 Å². The molecule has 19 heavy (non-hydrogen) atoms. The van der Waals surface area contributed by atoms with Crippen molar-refractivity contribution < 1.29 is 10.0 Å². The van der Waals surface area contributed by atoms with Gasteiger partial charge in [-0.25, -0.2) is 4.79 Å². The van der Waals surface area contributed by atoms with Gasteiger partial charge < -0.3 is 20.7 Å². The molecule has 6 heteroatoms. The number of carbonyl (C=O) groups excluding carboxylic acids is 1. The van der Waals surface area contributed by atoms with Gasteiger partial charge in [0.05, 0.1) is 0 Å². The summed E-state index contributed by atoms with van der Waals surface area (Å²) >= 11 is 0. The Morgan fingerprint density at radius 3 is 2.53 bits per heavy atom. The average molecular weight is 270 g/mol. The lowest BCUT2D eigenvalue weighted by Gasteiger charge is -2.33. The Morgan fingerprint density at radius 2 is 2.00 bits per heavy atom. The lowest BCUT2D eigenvalue weighted by molar-refractivity contribution is 0.139. The van der Waals surface area contributed by atoms with E-state index in [2.05, 4.69) is 19.0 Å². The van der Waals surface area contributed by atoms with Crippen LogP contribution in [0.3, 0.4) is 0 Å². The maximum absolute atomic E-state index is 12.4. The lowest BCUT2D eigenvalue weighted by atomic mass is 10.1. The summed E-state index contributed by atoms with van der Waals surface area (Å²) in [5.74, 6) is 0.571. The second-order valence-electron chi connectivity index (χ2n) is 5.51. The number of hydrogen-bond donors (Lipinski definition) is 2. The smallest absolute Gasteiger partial charge is 0.320 e. The number of hydrogen-bond acceptors (Lipinski definition) is 3. The van der Waals surface area contributed by atoms with Crippen LogP contribution in [-0.2, 0) is 0 Å². The van der Waals surface area contributed by atoms with Crippen molar-refractivity contribution in [2.24, 2.45) is 16.8 Å². The third kappa shape index (κ3) is 5.36. The molecule has 1 fully saturated rings. The van der Waals surface area contributed by atoms with Gasteiger partial charge in [-0.2, -0.15) is 0 Å². The number of carbonyl (C=O) groups is 1. The molecule has 0 aromatic heterocycles. The molecule has 0 spiro atoms. The van der Waals surface area contributed by atoms with Crippen LogP contribution < -0.4 is 5.73 Å². The highest BCUT2D eigenvalue weighted by Crippen LogP contribution is 2.12.